The Balaban J connectivity index is 0.00000162. The van der Waals surface area contributed by atoms with Crippen LogP contribution in [0.2, 0.25) is 0 Å². The number of piperidine rings is 1. The topological polar surface area (TPSA) is 15.3 Å². The Morgan fingerprint density at radius 1 is 1.28 bits per heavy atom. The van der Waals surface area contributed by atoms with Crippen molar-refractivity contribution < 1.29 is 8.78 Å². The highest BCUT2D eigenvalue weighted by molar-refractivity contribution is 5.85. The highest BCUT2D eigenvalue weighted by atomic mass is 35.5. The molecular weight excluding hydrogens is 258 g/mol. The zero-order chi connectivity index (χ0) is 12.3. The highest BCUT2D eigenvalue weighted by Gasteiger charge is 2.18. The quantitative estimate of drug-likeness (QED) is 0.913. The molecule has 1 aromatic carbocycles. The molecule has 1 fully saturated rings. The van der Waals surface area contributed by atoms with Crippen LogP contribution in [0.3, 0.4) is 0 Å². The fourth-order valence-corrected chi connectivity index (χ4v) is 2.27. The first-order valence-corrected chi connectivity index (χ1v) is 6.02. The number of benzene rings is 1. The average Bonchev–Trinajstić information content (AvgIpc) is 2.34. The van der Waals surface area contributed by atoms with Crippen molar-refractivity contribution in [1.82, 2.24) is 10.2 Å². The van der Waals surface area contributed by atoms with Crippen LogP contribution in [0.1, 0.15) is 18.4 Å². The van der Waals surface area contributed by atoms with Crippen LogP contribution >= 0.6 is 12.4 Å². The number of hydrogen-bond donors (Lipinski definition) is 1. The SMILES string of the molecule is CNC1CCN(Cc2ccc(F)cc2F)CC1.Cl. The van der Waals surface area contributed by atoms with Gasteiger partial charge in [-0.15, -0.1) is 12.4 Å². The molecule has 18 heavy (non-hydrogen) atoms. The summed E-state index contributed by atoms with van der Waals surface area (Å²) in [6, 6.07) is 4.38. The molecule has 1 aliphatic heterocycles. The van der Waals surface area contributed by atoms with Crippen molar-refractivity contribution in [3.63, 3.8) is 0 Å². The van der Waals surface area contributed by atoms with Gasteiger partial charge in [0.25, 0.3) is 0 Å². The van der Waals surface area contributed by atoms with E-state index in [0.717, 1.165) is 32.0 Å². The van der Waals surface area contributed by atoms with Crippen LogP contribution in [-0.2, 0) is 6.54 Å². The minimum atomic E-state index is -0.514. The lowest BCUT2D eigenvalue weighted by Crippen LogP contribution is -2.40. The monoisotopic (exact) mass is 276 g/mol. The van der Waals surface area contributed by atoms with Crippen molar-refractivity contribution in [2.45, 2.75) is 25.4 Å². The number of halogens is 3. The largest absolute Gasteiger partial charge is 0.317 e. The van der Waals surface area contributed by atoms with Crippen LogP contribution in [0.5, 0.6) is 0 Å². The first-order chi connectivity index (χ1) is 8.19. The second kappa shape index (κ2) is 7.02. The number of nitrogens with zero attached hydrogens (tertiary/aromatic N) is 1. The van der Waals surface area contributed by atoms with Crippen LogP contribution in [0, 0.1) is 11.6 Å². The van der Waals surface area contributed by atoms with E-state index in [2.05, 4.69) is 10.2 Å². The maximum atomic E-state index is 13.5. The van der Waals surface area contributed by atoms with E-state index in [0.29, 0.717) is 18.2 Å². The smallest absolute Gasteiger partial charge is 0.130 e. The van der Waals surface area contributed by atoms with Crippen LogP contribution in [-0.4, -0.2) is 31.1 Å². The Bertz CT molecular complexity index is 379. The lowest BCUT2D eigenvalue weighted by Gasteiger charge is -2.31. The minimum Gasteiger partial charge on any atom is -0.317 e. The molecule has 0 bridgehead atoms. The van der Waals surface area contributed by atoms with E-state index in [4.69, 9.17) is 0 Å². The predicted molar refractivity (Wildman–Crippen MR) is 71.0 cm³/mol. The van der Waals surface area contributed by atoms with Crippen LogP contribution < -0.4 is 5.32 Å². The molecule has 1 aromatic rings. The van der Waals surface area contributed by atoms with E-state index in [1.807, 2.05) is 7.05 Å². The summed E-state index contributed by atoms with van der Waals surface area (Å²) in [7, 11) is 1.97. The zero-order valence-corrected chi connectivity index (χ0v) is 11.3. The van der Waals surface area contributed by atoms with E-state index in [9.17, 15) is 8.78 Å². The van der Waals surface area contributed by atoms with Gasteiger partial charge in [-0.2, -0.15) is 0 Å². The first kappa shape index (κ1) is 15.3. The van der Waals surface area contributed by atoms with Gasteiger partial charge in [0.1, 0.15) is 11.6 Å². The van der Waals surface area contributed by atoms with Crippen LogP contribution in [0.4, 0.5) is 8.78 Å². The normalized spacial score (nSPS) is 17.5. The summed E-state index contributed by atoms with van der Waals surface area (Å²) in [6.45, 7) is 2.49. The Morgan fingerprint density at radius 2 is 1.94 bits per heavy atom. The predicted octanol–water partition coefficient (Wildman–Crippen LogP) is 2.57. The summed E-state index contributed by atoms with van der Waals surface area (Å²) in [6.07, 6.45) is 2.17. The molecule has 0 spiro atoms. The Kier molecular flexibility index (Phi) is 5.99. The Hall–Kier alpha value is -0.710. The third-order valence-electron chi connectivity index (χ3n) is 3.40. The molecule has 2 rings (SSSR count). The fourth-order valence-electron chi connectivity index (χ4n) is 2.27. The van der Waals surface area contributed by atoms with Crippen molar-refractivity contribution in [2.24, 2.45) is 0 Å². The van der Waals surface area contributed by atoms with Gasteiger partial charge >= 0.3 is 0 Å². The molecule has 0 radical (unpaired) electrons. The van der Waals surface area contributed by atoms with Gasteiger partial charge in [-0.05, 0) is 39.0 Å². The summed E-state index contributed by atoms with van der Waals surface area (Å²) in [5.74, 6) is -0.958. The summed E-state index contributed by atoms with van der Waals surface area (Å²) >= 11 is 0. The molecule has 0 amide bonds. The highest BCUT2D eigenvalue weighted by Crippen LogP contribution is 2.16. The molecule has 0 unspecified atom stereocenters. The second-order valence-electron chi connectivity index (χ2n) is 4.57. The van der Waals surface area contributed by atoms with Crippen molar-refractivity contribution in [2.75, 3.05) is 20.1 Å². The van der Waals surface area contributed by atoms with Gasteiger partial charge in [0.15, 0.2) is 0 Å². The van der Waals surface area contributed by atoms with E-state index in [1.54, 1.807) is 0 Å². The number of rotatable bonds is 3. The summed E-state index contributed by atoms with van der Waals surface area (Å²) in [5, 5.41) is 3.26. The molecule has 1 N–H and O–H groups in total. The molecule has 1 saturated heterocycles. The molecule has 0 aromatic heterocycles. The Labute approximate surface area is 113 Å². The summed E-state index contributed by atoms with van der Waals surface area (Å²) < 4.78 is 26.2. The van der Waals surface area contributed by atoms with Gasteiger partial charge in [-0.25, -0.2) is 8.78 Å². The zero-order valence-electron chi connectivity index (χ0n) is 10.5. The van der Waals surface area contributed by atoms with Crippen molar-refractivity contribution in [1.29, 1.82) is 0 Å². The molecule has 2 nitrogen and oxygen atoms in total. The third-order valence-corrected chi connectivity index (χ3v) is 3.40. The first-order valence-electron chi connectivity index (χ1n) is 6.02. The van der Waals surface area contributed by atoms with Gasteiger partial charge in [0, 0.05) is 24.2 Å². The molecular formula is C13H19ClF2N2. The number of nitrogens with one attached hydrogen (secondary N) is 1. The molecule has 0 aliphatic carbocycles. The number of hydrogen-bond acceptors (Lipinski definition) is 2. The average molecular weight is 277 g/mol. The van der Waals surface area contributed by atoms with Gasteiger partial charge in [-0.3, -0.25) is 4.90 Å². The molecule has 0 saturated carbocycles. The molecule has 0 atom stereocenters. The molecule has 1 aliphatic rings. The maximum absolute atomic E-state index is 13.5. The van der Waals surface area contributed by atoms with E-state index >= 15 is 0 Å². The molecule has 1 heterocycles. The van der Waals surface area contributed by atoms with Crippen molar-refractivity contribution in [3.05, 3.63) is 35.4 Å². The van der Waals surface area contributed by atoms with Crippen molar-refractivity contribution in [3.8, 4) is 0 Å². The fraction of sp³-hybridized carbons (Fsp3) is 0.538. The molecule has 102 valence electrons. The van der Waals surface area contributed by atoms with Crippen LogP contribution in [0.25, 0.3) is 0 Å². The van der Waals surface area contributed by atoms with Crippen molar-refractivity contribution >= 4 is 12.4 Å². The van der Waals surface area contributed by atoms with E-state index < -0.39 is 11.6 Å². The lowest BCUT2D eigenvalue weighted by molar-refractivity contribution is 0.192. The van der Waals surface area contributed by atoms with Crippen LogP contribution in [0.15, 0.2) is 18.2 Å². The summed E-state index contributed by atoms with van der Waals surface area (Å²) in [4.78, 5) is 2.21. The standard InChI is InChI=1S/C13H18F2N2.ClH/c1-16-12-4-6-17(7-5-12)9-10-2-3-11(14)8-13(10)15;/h2-3,8,12,16H,4-7,9H2,1H3;1H. The van der Waals surface area contributed by atoms with Gasteiger partial charge in [0.2, 0.25) is 0 Å². The van der Waals surface area contributed by atoms with E-state index in [-0.39, 0.29) is 12.4 Å². The molecule has 5 heteroatoms. The minimum absolute atomic E-state index is 0. The number of likely N-dealkylation sites (tertiary alicyclic amines) is 1. The van der Waals surface area contributed by atoms with Gasteiger partial charge in [-0.1, -0.05) is 6.07 Å². The van der Waals surface area contributed by atoms with Gasteiger partial charge in [0.05, 0.1) is 0 Å². The maximum Gasteiger partial charge on any atom is 0.130 e. The lowest BCUT2D eigenvalue weighted by atomic mass is 10.0. The van der Waals surface area contributed by atoms with Gasteiger partial charge < -0.3 is 5.32 Å². The summed E-state index contributed by atoms with van der Waals surface area (Å²) in [5.41, 5.74) is 0.578. The van der Waals surface area contributed by atoms with E-state index in [1.165, 1.54) is 12.1 Å². The Morgan fingerprint density at radius 3 is 2.50 bits per heavy atom. The second-order valence-corrected chi connectivity index (χ2v) is 4.57. The third kappa shape index (κ3) is 3.90.